The normalized spacial score (nSPS) is 8.50. The topological polar surface area (TPSA) is 23.9 Å². The van der Waals surface area contributed by atoms with Crippen LogP contribution in [0, 0.1) is 5.41 Å². The van der Waals surface area contributed by atoms with Gasteiger partial charge in [0.1, 0.15) is 0 Å². The van der Waals surface area contributed by atoms with Crippen molar-refractivity contribution in [2.45, 2.75) is 147 Å². The summed E-state index contributed by atoms with van der Waals surface area (Å²) in [6, 6.07) is 0. The minimum absolute atomic E-state index is 1.21. The summed E-state index contributed by atoms with van der Waals surface area (Å²) in [7, 11) is 0. The van der Waals surface area contributed by atoms with E-state index in [4.69, 9.17) is 5.41 Å². The van der Waals surface area contributed by atoms with Crippen molar-refractivity contribution >= 4 is 6.72 Å². The van der Waals surface area contributed by atoms with Crippen LogP contribution in [-0.4, -0.2) is 6.72 Å². The van der Waals surface area contributed by atoms with E-state index in [0.29, 0.717) is 0 Å². The van der Waals surface area contributed by atoms with E-state index in [9.17, 15) is 0 Å². The van der Waals surface area contributed by atoms with Crippen molar-refractivity contribution in [2.75, 3.05) is 0 Å². The van der Waals surface area contributed by atoms with Gasteiger partial charge in [-0.05, 0) is 26.5 Å². The van der Waals surface area contributed by atoms with E-state index in [1.54, 1.807) is 0 Å². The van der Waals surface area contributed by atoms with Gasteiger partial charge in [0, 0.05) is 0 Å². The summed E-state index contributed by atoms with van der Waals surface area (Å²) in [5.41, 5.74) is 1.52. The van der Waals surface area contributed by atoms with E-state index in [2.05, 4.69) is 47.4 Å². The summed E-state index contributed by atoms with van der Waals surface area (Å²) in [5, 5.41) is 5.50. The van der Waals surface area contributed by atoms with Gasteiger partial charge in [-0.3, -0.25) is 0 Å². The monoisotopic (exact) mass is 373 g/mol. The highest BCUT2D eigenvalue weighted by Crippen LogP contribution is 2.07. The van der Waals surface area contributed by atoms with Crippen molar-refractivity contribution in [2.24, 2.45) is 0 Å². The molecule has 0 aliphatic heterocycles. The van der Waals surface area contributed by atoms with Crippen LogP contribution in [0.5, 0.6) is 0 Å². The summed E-state index contributed by atoms with van der Waals surface area (Å²) in [6.07, 6.45) is 17.5. The number of allylic oxidation sites excluding steroid dienone is 2. The molecule has 0 rings (SSSR count). The summed E-state index contributed by atoms with van der Waals surface area (Å²) >= 11 is 0. The third-order valence-corrected chi connectivity index (χ3v) is 3.30. The summed E-state index contributed by atoms with van der Waals surface area (Å²) < 4.78 is 0. The zero-order valence-corrected chi connectivity index (χ0v) is 21.1. The average Bonchev–Trinajstić information content (AvgIpc) is 2.75. The van der Waals surface area contributed by atoms with Crippen LogP contribution in [0.2, 0.25) is 0 Å². The highest BCUT2D eigenvalue weighted by atomic mass is 14.2. The van der Waals surface area contributed by atoms with Gasteiger partial charge < -0.3 is 5.41 Å². The van der Waals surface area contributed by atoms with E-state index >= 15 is 0 Å². The van der Waals surface area contributed by atoms with Gasteiger partial charge in [0.25, 0.3) is 0 Å². The third-order valence-electron chi connectivity index (χ3n) is 3.30. The summed E-state index contributed by atoms with van der Waals surface area (Å²) in [5.74, 6) is 0. The van der Waals surface area contributed by atoms with Gasteiger partial charge in [0.05, 0.1) is 0 Å². The third kappa shape index (κ3) is 76.3. The predicted octanol–water partition coefficient (Wildman–Crippen LogP) is 10.6. The number of nitrogens with one attached hydrogen (secondary N) is 1. The molecule has 0 bridgehead atoms. The van der Waals surface area contributed by atoms with Gasteiger partial charge in [-0.25, -0.2) is 0 Å². The summed E-state index contributed by atoms with van der Waals surface area (Å²) in [6.45, 7) is 25.6. The zero-order chi connectivity index (χ0) is 22.1. The molecule has 0 aliphatic carbocycles. The zero-order valence-electron chi connectivity index (χ0n) is 21.1. The van der Waals surface area contributed by atoms with Crippen LogP contribution < -0.4 is 0 Å². The Bertz CT molecular complexity index is 165. The molecular weight excluding hydrogens is 314 g/mol. The highest BCUT2D eigenvalue weighted by molar-refractivity contribution is 5.15. The number of unbranched alkanes of at least 4 members (excludes halogenated alkanes) is 8. The molecule has 0 aromatic carbocycles. The van der Waals surface area contributed by atoms with Gasteiger partial charge in [-0.2, -0.15) is 0 Å². The smallest absolute Gasteiger partial charge is 0.0187 e. The maximum Gasteiger partial charge on any atom is -0.0187 e. The van der Waals surface area contributed by atoms with E-state index in [-0.39, 0.29) is 0 Å². The number of hydrogen-bond acceptors (Lipinski definition) is 1. The molecular formula is C25H59N. The van der Waals surface area contributed by atoms with Crippen LogP contribution in [0.15, 0.2) is 11.6 Å². The van der Waals surface area contributed by atoms with Crippen molar-refractivity contribution in [1.29, 1.82) is 5.41 Å². The Morgan fingerprint density at radius 3 is 1.15 bits per heavy atom. The van der Waals surface area contributed by atoms with Crippen molar-refractivity contribution in [3.05, 3.63) is 11.6 Å². The predicted molar refractivity (Wildman–Crippen MR) is 131 cm³/mol. The minimum Gasteiger partial charge on any atom is -0.317 e. The van der Waals surface area contributed by atoms with Crippen molar-refractivity contribution in [3.8, 4) is 0 Å². The van der Waals surface area contributed by atoms with E-state index in [1.165, 1.54) is 76.2 Å². The van der Waals surface area contributed by atoms with Gasteiger partial charge >= 0.3 is 0 Å². The molecule has 26 heavy (non-hydrogen) atoms. The SMILES string of the molecule is C=N.CC.CC.CC.CCC/C=C(/C)CC.CCCCCCCCCC. The van der Waals surface area contributed by atoms with Gasteiger partial charge in [-0.15, -0.1) is 0 Å². The molecule has 0 aliphatic rings. The van der Waals surface area contributed by atoms with Gasteiger partial charge in [0.2, 0.25) is 0 Å². The second-order valence-electron chi connectivity index (χ2n) is 5.31. The molecule has 164 valence electrons. The maximum atomic E-state index is 5.50. The quantitative estimate of drug-likeness (QED) is 0.223. The summed E-state index contributed by atoms with van der Waals surface area (Å²) in [4.78, 5) is 0. The van der Waals surface area contributed by atoms with Crippen molar-refractivity contribution in [3.63, 3.8) is 0 Å². The molecule has 1 heteroatoms. The fourth-order valence-electron chi connectivity index (χ4n) is 1.74. The van der Waals surface area contributed by atoms with Crippen molar-refractivity contribution in [1.82, 2.24) is 0 Å². The lowest BCUT2D eigenvalue weighted by atomic mass is 10.1. The first-order valence-corrected chi connectivity index (χ1v) is 11.7. The fraction of sp³-hybridized carbons (Fsp3) is 0.880. The molecule has 1 N–H and O–H groups in total. The molecule has 0 saturated heterocycles. The minimum atomic E-state index is 1.21. The van der Waals surface area contributed by atoms with Gasteiger partial charge in [-0.1, -0.05) is 139 Å². The Labute approximate surface area is 171 Å². The Kier molecular flexibility index (Phi) is 99.6. The van der Waals surface area contributed by atoms with Crippen LogP contribution >= 0.6 is 0 Å². The van der Waals surface area contributed by atoms with Crippen LogP contribution in [0.3, 0.4) is 0 Å². The Morgan fingerprint density at radius 2 is 0.923 bits per heavy atom. The van der Waals surface area contributed by atoms with E-state index in [1.807, 2.05) is 41.5 Å². The van der Waals surface area contributed by atoms with Crippen molar-refractivity contribution < 1.29 is 0 Å². The van der Waals surface area contributed by atoms with Gasteiger partial charge in [0.15, 0.2) is 0 Å². The molecule has 0 spiro atoms. The lowest BCUT2D eigenvalue weighted by molar-refractivity contribution is 0.585. The molecule has 1 nitrogen and oxygen atoms in total. The van der Waals surface area contributed by atoms with Crippen LogP contribution in [0.1, 0.15) is 147 Å². The number of hydrogen-bond donors (Lipinski definition) is 1. The maximum absolute atomic E-state index is 5.50. The molecule has 0 atom stereocenters. The fourth-order valence-corrected chi connectivity index (χ4v) is 1.74. The molecule has 0 fully saturated rings. The second kappa shape index (κ2) is 64.4. The molecule has 0 heterocycles. The lowest BCUT2D eigenvalue weighted by Crippen LogP contribution is -1.77. The molecule has 0 amide bonds. The van der Waals surface area contributed by atoms with E-state index < -0.39 is 0 Å². The molecule has 0 aromatic heterocycles. The van der Waals surface area contributed by atoms with E-state index in [0.717, 1.165) is 0 Å². The Hall–Kier alpha value is -0.590. The Morgan fingerprint density at radius 1 is 0.615 bits per heavy atom. The second-order valence-corrected chi connectivity index (χ2v) is 5.31. The molecule has 0 aromatic rings. The lowest BCUT2D eigenvalue weighted by Gasteiger charge is -1.97. The van der Waals surface area contributed by atoms with Crippen LogP contribution in [0.25, 0.3) is 0 Å². The molecule has 0 saturated carbocycles. The number of rotatable bonds is 10. The first-order chi connectivity index (χ1) is 12.7. The molecule has 0 radical (unpaired) electrons. The first-order valence-electron chi connectivity index (χ1n) is 11.7. The standard InChI is InChI=1S/C10H22.C8H16.3C2H6.CH3N/c1-3-5-7-9-10-8-6-4-2;1-4-6-7-8(3)5-2;4*1-2/h3-10H2,1-2H3;7H,4-6H2,1-3H3;3*1-2H3;2H,1H2/b;8-7-;;;;. The first kappa shape index (κ1) is 40.2. The Balaban J connectivity index is -0.0000000559. The highest BCUT2D eigenvalue weighted by Gasteiger charge is 1.87. The largest absolute Gasteiger partial charge is 0.317 e. The van der Waals surface area contributed by atoms with Crippen LogP contribution in [-0.2, 0) is 0 Å². The molecule has 0 unspecified atom stereocenters. The average molecular weight is 374 g/mol. The van der Waals surface area contributed by atoms with Crippen LogP contribution in [0.4, 0.5) is 0 Å².